The summed E-state index contributed by atoms with van der Waals surface area (Å²) in [6.07, 6.45) is 15.1. The highest BCUT2D eigenvalue weighted by Crippen LogP contribution is 2.32. The summed E-state index contributed by atoms with van der Waals surface area (Å²) in [7, 11) is 0. The van der Waals surface area contributed by atoms with Crippen LogP contribution in [0.25, 0.3) is 0 Å². The standard InChI is InChI=1S/C17H23N7/c18-8-6-14(13(10-19)11-22-16-7-9-23-24-16)15(17(20)21)3-1-2-12-4-5-12/h1,3,6-12H,2,4-5,18-19H2,(H3,20,21)(H,23,24)/b3-1-,8-6?,13-10?,15-14?,22-11?. The average molecular weight is 325 g/mol. The first-order valence-electron chi connectivity index (χ1n) is 7.75. The number of hydrogen-bond acceptors (Lipinski definition) is 5. The van der Waals surface area contributed by atoms with Crippen molar-refractivity contribution in [3.05, 3.63) is 59.6 Å². The lowest BCUT2D eigenvalue weighted by Crippen LogP contribution is -2.15. The van der Waals surface area contributed by atoms with Crippen molar-refractivity contribution in [2.75, 3.05) is 0 Å². The first-order valence-corrected chi connectivity index (χ1v) is 7.75. The third-order valence-electron chi connectivity index (χ3n) is 3.61. The Morgan fingerprint density at radius 3 is 2.67 bits per heavy atom. The Bertz CT molecular complexity index is 701. The molecule has 1 aliphatic carbocycles. The van der Waals surface area contributed by atoms with E-state index in [2.05, 4.69) is 15.2 Å². The van der Waals surface area contributed by atoms with Crippen LogP contribution in [0, 0.1) is 11.3 Å². The molecule has 0 amide bonds. The van der Waals surface area contributed by atoms with Crippen molar-refractivity contribution < 1.29 is 0 Å². The van der Waals surface area contributed by atoms with Crippen LogP contribution in [-0.4, -0.2) is 22.2 Å². The van der Waals surface area contributed by atoms with Crippen LogP contribution < -0.4 is 17.2 Å². The molecule has 0 radical (unpaired) electrons. The van der Waals surface area contributed by atoms with Crippen LogP contribution in [0.1, 0.15) is 19.3 Å². The third kappa shape index (κ3) is 4.98. The number of H-pyrrole nitrogens is 1. The summed E-state index contributed by atoms with van der Waals surface area (Å²) in [6.45, 7) is 0. The average Bonchev–Trinajstić information content (AvgIpc) is 3.24. The monoisotopic (exact) mass is 325 g/mol. The van der Waals surface area contributed by atoms with Gasteiger partial charge in [0.15, 0.2) is 0 Å². The van der Waals surface area contributed by atoms with Gasteiger partial charge in [0.05, 0.1) is 6.20 Å². The van der Waals surface area contributed by atoms with Crippen LogP contribution in [0.2, 0.25) is 0 Å². The maximum atomic E-state index is 7.87. The molecule has 1 aliphatic rings. The number of nitrogens with zero attached hydrogens (tertiary/aromatic N) is 2. The van der Waals surface area contributed by atoms with Gasteiger partial charge in [-0.1, -0.05) is 12.2 Å². The smallest absolute Gasteiger partial charge is 0.147 e. The third-order valence-corrected chi connectivity index (χ3v) is 3.61. The van der Waals surface area contributed by atoms with E-state index >= 15 is 0 Å². The minimum Gasteiger partial charge on any atom is -0.405 e. The Balaban J connectivity index is 2.33. The molecule has 7 heteroatoms. The van der Waals surface area contributed by atoms with Gasteiger partial charge in [-0.3, -0.25) is 10.5 Å². The summed E-state index contributed by atoms with van der Waals surface area (Å²) in [5.74, 6) is 1.30. The second kappa shape index (κ2) is 8.52. The highest BCUT2D eigenvalue weighted by molar-refractivity contribution is 6.02. The second-order valence-corrected chi connectivity index (χ2v) is 5.50. The fourth-order valence-corrected chi connectivity index (χ4v) is 2.16. The minimum atomic E-state index is -0.0514. The molecule has 2 rings (SSSR count). The molecule has 0 unspecified atom stereocenters. The summed E-state index contributed by atoms with van der Waals surface area (Å²) in [4.78, 5) is 4.27. The molecule has 0 atom stereocenters. The van der Waals surface area contributed by atoms with Gasteiger partial charge in [0.25, 0.3) is 0 Å². The number of hydrogen-bond donors (Lipinski definition) is 5. The molecule has 1 heterocycles. The zero-order valence-corrected chi connectivity index (χ0v) is 13.4. The number of aromatic amines is 1. The molecule has 0 bridgehead atoms. The van der Waals surface area contributed by atoms with Gasteiger partial charge >= 0.3 is 0 Å². The summed E-state index contributed by atoms with van der Waals surface area (Å²) >= 11 is 0. The van der Waals surface area contributed by atoms with Crippen LogP contribution in [0.5, 0.6) is 0 Å². The molecule has 126 valence electrons. The van der Waals surface area contributed by atoms with E-state index in [-0.39, 0.29) is 5.84 Å². The molecule has 0 saturated heterocycles. The lowest BCUT2D eigenvalue weighted by molar-refractivity contribution is 0.862. The van der Waals surface area contributed by atoms with Crippen LogP contribution in [0.3, 0.4) is 0 Å². The quantitative estimate of drug-likeness (QED) is 0.283. The number of rotatable bonds is 8. The molecule has 8 N–H and O–H groups in total. The normalized spacial score (nSPS) is 17.1. The van der Waals surface area contributed by atoms with Gasteiger partial charge in [-0.25, -0.2) is 4.99 Å². The molecule has 0 aromatic carbocycles. The number of aromatic nitrogens is 2. The van der Waals surface area contributed by atoms with Gasteiger partial charge in [-0.15, -0.1) is 0 Å². The van der Waals surface area contributed by atoms with E-state index in [1.165, 1.54) is 25.2 Å². The largest absolute Gasteiger partial charge is 0.405 e. The van der Waals surface area contributed by atoms with Crippen LogP contribution in [0.15, 0.2) is 64.6 Å². The first kappa shape index (κ1) is 17.3. The van der Waals surface area contributed by atoms with Crippen LogP contribution in [-0.2, 0) is 0 Å². The molecule has 1 saturated carbocycles. The SMILES string of the molecule is N=C(N)C(/C=C\CC1CC1)=C(C=CN)C(C=Nc1ccn[nH]1)=CN. The van der Waals surface area contributed by atoms with E-state index in [0.29, 0.717) is 22.5 Å². The Morgan fingerprint density at radius 1 is 1.33 bits per heavy atom. The fourth-order valence-electron chi connectivity index (χ4n) is 2.16. The fraction of sp³-hybridized carbons (Fsp3) is 0.235. The van der Waals surface area contributed by atoms with Gasteiger partial charge < -0.3 is 17.2 Å². The molecule has 7 nitrogen and oxygen atoms in total. The van der Waals surface area contributed by atoms with Crippen molar-refractivity contribution >= 4 is 17.9 Å². The Hall–Kier alpha value is -3.09. The Morgan fingerprint density at radius 2 is 2.12 bits per heavy atom. The second-order valence-electron chi connectivity index (χ2n) is 5.50. The molecule has 24 heavy (non-hydrogen) atoms. The lowest BCUT2D eigenvalue weighted by Gasteiger charge is -2.09. The van der Waals surface area contributed by atoms with E-state index in [4.69, 9.17) is 22.6 Å². The van der Waals surface area contributed by atoms with Crippen molar-refractivity contribution in [1.82, 2.24) is 10.2 Å². The molecule has 1 aromatic rings. The Kier molecular flexibility index (Phi) is 6.13. The summed E-state index contributed by atoms with van der Waals surface area (Å²) < 4.78 is 0. The van der Waals surface area contributed by atoms with Crippen LogP contribution >= 0.6 is 0 Å². The zero-order chi connectivity index (χ0) is 17.4. The van der Waals surface area contributed by atoms with Crippen molar-refractivity contribution in [2.45, 2.75) is 19.3 Å². The number of amidine groups is 1. The zero-order valence-electron chi connectivity index (χ0n) is 13.4. The van der Waals surface area contributed by atoms with Crippen molar-refractivity contribution in [3.8, 4) is 0 Å². The number of allylic oxidation sites excluding steroid dienone is 4. The van der Waals surface area contributed by atoms with E-state index in [0.717, 1.165) is 12.3 Å². The van der Waals surface area contributed by atoms with E-state index < -0.39 is 0 Å². The van der Waals surface area contributed by atoms with E-state index in [1.807, 2.05) is 12.2 Å². The Labute approximate surface area is 141 Å². The molecular formula is C17H23N7. The maximum Gasteiger partial charge on any atom is 0.147 e. The van der Waals surface area contributed by atoms with Gasteiger partial charge in [-0.05, 0) is 43.0 Å². The van der Waals surface area contributed by atoms with Crippen molar-refractivity contribution in [2.24, 2.45) is 28.1 Å². The van der Waals surface area contributed by atoms with Crippen molar-refractivity contribution in [3.63, 3.8) is 0 Å². The van der Waals surface area contributed by atoms with Gasteiger partial charge in [0.1, 0.15) is 11.7 Å². The molecule has 0 aliphatic heterocycles. The molecule has 1 fully saturated rings. The van der Waals surface area contributed by atoms with E-state index in [9.17, 15) is 0 Å². The van der Waals surface area contributed by atoms with E-state index in [1.54, 1.807) is 24.6 Å². The van der Waals surface area contributed by atoms with Gasteiger partial charge in [-0.2, -0.15) is 5.10 Å². The predicted octanol–water partition coefficient (Wildman–Crippen LogP) is 2.02. The number of nitrogens with two attached hydrogens (primary N) is 3. The van der Waals surface area contributed by atoms with Gasteiger partial charge in [0.2, 0.25) is 0 Å². The van der Waals surface area contributed by atoms with Crippen molar-refractivity contribution in [1.29, 1.82) is 5.41 Å². The van der Waals surface area contributed by atoms with Crippen LogP contribution in [0.4, 0.5) is 5.82 Å². The molecular weight excluding hydrogens is 302 g/mol. The summed E-state index contributed by atoms with van der Waals surface area (Å²) in [5, 5.41) is 14.4. The topological polar surface area (TPSA) is 143 Å². The minimum absolute atomic E-state index is 0.0514. The summed E-state index contributed by atoms with van der Waals surface area (Å²) in [6, 6.07) is 1.73. The highest BCUT2D eigenvalue weighted by Gasteiger charge is 2.19. The lowest BCUT2D eigenvalue weighted by atomic mass is 9.99. The highest BCUT2D eigenvalue weighted by atomic mass is 15.1. The van der Waals surface area contributed by atoms with Gasteiger partial charge in [0, 0.05) is 29.6 Å². The summed E-state index contributed by atoms with van der Waals surface area (Å²) in [5.41, 5.74) is 18.9. The number of aliphatic imine (C=N–C) groups is 1. The number of nitrogens with one attached hydrogen (secondary N) is 2. The predicted molar refractivity (Wildman–Crippen MR) is 97.8 cm³/mol. The molecule has 1 aromatic heterocycles. The maximum absolute atomic E-state index is 7.87. The molecule has 0 spiro atoms. The first-order chi connectivity index (χ1) is 11.7.